The van der Waals surface area contributed by atoms with Gasteiger partial charge in [0.15, 0.2) is 5.69 Å². The van der Waals surface area contributed by atoms with Crippen LogP contribution in [-0.4, -0.2) is 42.3 Å². The van der Waals surface area contributed by atoms with Gasteiger partial charge in [0.2, 0.25) is 5.91 Å². The topological polar surface area (TPSA) is 89.0 Å². The molecule has 2 rings (SSSR count). The van der Waals surface area contributed by atoms with Crippen LogP contribution in [0.2, 0.25) is 0 Å². The molecule has 2 atom stereocenters. The fourth-order valence-corrected chi connectivity index (χ4v) is 4.04. The maximum absolute atomic E-state index is 13.2. The molecule has 1 aliphatic carbocycles. The fourth-order valence-electron chi connectivity index (χ4n) is 3.05. The van der Waals surface area contributed by atoms with E-state index in [2.05, 4.69) is 15.3 Å². The summed E-state index contributed by atoms with van der Waals surface area (Å²) in [6.07, 6.45) is -3.05. The lowest BCUT2D eigenvalue weighted by atomic mass is 9.84. The van der Waals surface area contributed by atoms with Gasteiger partial charge in [-0.2, -0.15) is 13.2 Å². The van der Waals surface area contributed by atoms with Crippen molar-refractivity contribution in [1.82, 2.24) is 15.3 Å². The summed E-state index contributed by atoms with van der Waals surface area (Å²) in [6.45, 7) is 2.95. The first-order chi connectivity index (χ1) is 11.4. The summed E-state index contributed by atoms with van der Waals surface area (Å²) in [5.41, 5.74) is -0.704. The van der Waals surface area contributed by atoms with Gasteiger partial charge in [0.05, 0.1) is 5.75 Å². The van der Waals surface area contributed by atoms with Crippen molar-refractivity contribution in [3.8, 4) is 0 Å². The van der Waals surface area contributed by atoms with E-state index in [-0.39, 0.29) is 30.0 Å². The highest BCUT2D eigenvalue weighted by molar-refractivity contribution is 7.90. The van der Waals surface area contributed by atoms with Crippen LogP contribution in [0, 0.1) is 12.8 Å². The number of carbonyl (C=O) groups is 1. The van der Waals surface area contributed by atoms with Crippen molar-refractivity contribution in [2.24, 2.45) is 5.92 Å². The molecular weight excluding hydrogens is 359 g/mol. The average molecular weight is 379 g/mol. The number of aromatic nitrogens is 2. The van der Waals surface area contributed by atoms with Gasteiger partial charge in [-0.15, -0.1) is 0 Å². The Morgan fingerprint density at radius 3 is 2.56 bits per heavy atom. The number of hydrogen-bond donors (Lipinski definition) is 1. The van der Waals surface area contributed by atoms with Crippen molar-refractivity contribution in [3.63, 3.8) is 0 Å². The van der Waals surface area contributed by atoms with Crippen LogP contribution in [0.1, 0.15) is 36.1 Å². The Morgan fingerprint density at radius 2 is 2.00 bits per heavy atom. The third-order valence-electron chi connectivity index (χ3n) is 3.97. The number of fused-ring (bicyclic) bond motifs is 1. The number of amides is 1. The van der Waals surface area contributed by atoms with Gasteiger partial charge in [0.1, 0.15) is 15.7 Å². The van der Waals surface area contributed by atoms with Crippen LogP contribution in [0.15, 0.2) is 0 Å². The summed E-state index contributed by atoms with van der Waals surface area (Å²) in [5.74, 6) is -1.29. The van der Waals surface area contributed by atoms with Crippen LogP contribution in [-0.2, 0) is 33.6 Å². The van der Waals surface area contributed by atoms with Crippen molar-refractivity contribution in [2.45, 2.75) is 45.3 Å². The number of carbonyl (C=O) groups excluding carboxylic acids is 1. The van der Waals surface area contributed by atoms with E-state index in [0.717, 1.165) is 6.26 Å². The Hall–Kier alpha value is -1.71. The molecule has 0 aliphatic heterocycles. The molecule has 6 nitrogen and oxygen atoms in total. The van der Waals surface area contributed by atoms with E-state index in [1.165, 1.54) is 6.92 Å². The van der Waals surface area contributed by atoms with Crippen LogP contribution in [0.5, 0.6) is 0 Å². The first kappa shape index (κ1) is 19.6. The number of alkyl halides is 3. The molecule has 0 saturated carbocycles. The van der Waals surface area contributed by atoms with Crippen LogP contribution in [0.4, 0.5) is 13.2 Å². The molecule has 0 radical (unpaired) electrons. The van der Waals surface area contributed by atoms with Gasteiger partial charge < -0.3 is 5.32 Å². The van der Waals surface area contributed by atoms with E-state index < -0.39 is 39.6 Å². The smallest absolute Gasteiger partial charge is 0.352 e. The molecule has 1 aromatic heterocycles. The number of nitrogens with one attached hydrogen (secondary N) is 1. The van der Waals surface area contributed by atoms with Crippen LogP contribution < -0.4 is 5.32 Å². The molecule has 0 bridgehead atoms. The zero-order valence-corrected chi connectivity index (χ0v) is 15.0. The van der Waals surface area contributed by atoms with Crippen molar-refractivity contribution in [1.29, 1.82) is 0 Å². The predicted molar refractivity (Wildman–Crippen MR) is 84.6 cm³/mol. The lowest BCUT2D eigenvalue weighted by Gasteiger charge is -2.26. The molecule has 1 heterocycles. The zero-order valence-electron chi connectivity index (χ0n) is 14.1. The molecule has 1 amide bonds. The van der Waals surface area contributed by atoms with E-state index in [1.54, 1.807) is 6.92 Å². The second-order valence-electron chi connectivity index (χ2n) is 6.48. The average Bonchev–Trinajstić information content (AvgIpc) is 2.42. The molecule has 0 spiro atoms. The molecule has 1 N–H and O–H groups in total. The summed E-state index contributed by atoms with van der Waals surface area (Å²) < 4.78 is 62.2. The van der Waals surface area contributed by atoms with Gasteiger partial charge in [-0.3, -0.25) is 4.79 Å². The molecule has 2 unspecified atom stereocenters. The first-order valence-corrected chi connectivity index (χ1v) is 9.84. The van der Waals surface area contributed by atoms with Gasteiger partial charge in [-0.05, 0) is 33.1 Å². The molecule has 0 aromatic carbocycles. The Kier molecular flexibility index (Phi) is 5.41. The second kappa shape index (κ2) is 6.89. The summed E-state index contributed by atoms with van der Waals surface area (Å²) >= 11 is 0. The third-order valence-corrected chi connectivity index (χ3v) is 5.07. The minimum atomic E-state index is -4.61. The Labute approximate surface area is 144 Å². The van der Waals surface area contributed by atoms with Gasteiger partial charge in [-0.25, -0.2) is 18.4 Å². The minimum Gasteiger partial charge on any atom is -0.352 e. The van der Waals surface area contributed by atoms with Crippen molar-refractivity contribution < 1.29 is 26.4 Å². The van der Waals surface area contributed by atoms with Crippen LogP contribution >= 0.6 is 0 Å². The Balaban J connectivity index is 2.19. The number of rotatable bonds is 4. The van der Waals surface area contributed by atoms with Gasteiger partial charge in [-0.1, -0.05) is 0 Å². The van der Waals surface area contributed by atoms with E-state index in [9.17, 15) is 26.4 Å². The van der Waals surface area contributed by atoms with Crippen molar-refractivity contribution in [2.75, 3.05) is 12.0 Å². The summed E-state index contributed by atoms with van der Waals surface area (Å²) in [4.78, 5) is 19.9. The number of halogens is 3. The predicted octanol–water partition coefficient (Wildman–Crippen LogP) is 1.46. The molecule has 10 heteroatoms. The SMILES string of the molecule is Cc1nc2c(c(C(F)(F)F)n1)CC(C(=O)NC(C)CS(C)(=O)=O)CC2. The van der Waals surface area contributed by atoms with E-state index in [4.69, 9.17) is 0 Å². The van der Waals surface area contributed by atoms with E-state index >= 15 is 0 Å². The maximum Gasteiger partial charge on any atom is 0.433 e. The third kappa shape index (κ3) is 5.13. The Bertz CT molecular complexity index is 778. The highest BCUT2D eigenvalue weighted by atomic mass is 32.2. The van der Waals surface area contributed by atoms with Crippen molar-refractivity contribution in [3.05, 3.63) is 22.8 Å². The highest BCUT2D eigenvalue weighted by Crippen LogP contribution is 2.36. The molecular formula is C15H20F3N3O3S. The molecule has 140 valence electrons. The minimum absolute atomic E-state index is 0.0414. The van der Waals surface area contributed by atoms with Crippen LogP contribution in [0.25, 0.3) is 0 Å². The molecule has 0 saturated heterocycles. The largest absolute Gasteiger partial charge is 0.433 e. The number of nitrogens with zero attached hydrogens (tertiary/aromatic N) is 2. The normalized spacial score (nSPS) is 19.2. The van der Waals surface area contributed by atoms with E-state index in [0.29, 0.717) is 12.1 Å². The van der Waals surface area contributed by atoms with Gasteiger partial charge >= 0.3 is 6.18 Å². The molecule has 25 heavy (non-hydrogen) atoms. The lowest BCUT2D eigenvalue weighted by molar-refractivity contribution is -0.142. The maximum atomic E-state index is 13.2. The zero-order chi connectivity index (χ0) is 19.0. The molecule has 1 aliphatic rings. The molecule has 0 fully saturated rings. The quantitative estimate of drug-likeness (QED) is 0.856. The number of hydrogen-bond acceptors (Lipinski definition) is 5. The van der Waals surface area contributed by atoms with E-state index in [1.807, 2.05) is 0 Å². The second-order valence-corrected chi connectivity index (χ2v) is 8.67. The van der Waals surface area contributed by atoms with Crippen molar-refractivity contribution >= 4 is 15.7 Å². The van der Waals surface area contributed by atoms with Gasteiger partial charge in [0.25, 0.3) is 0 Å². The molecule has 1 aromatic rings. The summed E-state index contributed by atoms with van der Waals surface area (Å²) in [7, 11) is -3.26. The Morgan fingerprint density at radius 1 is 1.36 bits per heavy atom. The van der Waals surface area contributed by atoms with Gasteiger partial charge in [0, 0.05) is 29.5 Å². The summed E-state index contributed by atoms with van der Waals surface area (Å²) in [5, 5.41) is 2.57. The monoisotopic (exact) mass is 379 g/mol. The highest BCUT2D eigenvalue weighted by Gasteiger charge is 2.40. The number of sulfone groups is 1. The standard InChI is InChI=1S/C15H20F3N3O3S/c1-8(7-25(3,23)24)19-14(22)10-4-5-12-11(6-10)13(15(16,17)18)21-9(2)20-12/h8,10H,4-7H2,1-3H3,(H,19,22). The number of aryl methyl sites for hydroxylation is 2. The fraction of sp³-hybridized carbons (Fsp3) is 0.667. The summed E-state index contributed by atoms with van der Waals surface area (Å²) in [6, 6.07) is -0.611. The van der Waals surface area contributed by atoms with Crippen LogP contribution in [0.3, 0.4) is 0 Å². The first-order valence-electron chi connectivity index (χ1n) is 7.78. The lowest BCUT2D eigenvalue weighted by Crippen LogP contribution is -2.42.